The van der Waals surface area contributed by atoms with Crippen LogP contribution in [0.2, 0.25) is 0 Å². The van der Waals surface area contributed by atoms with Crippen LogP contribution in [0.5, 0.6) is 0 Å². The van der Waals surface area contributed by atoms with Crippen LogP contribution in [0.4, 0.5) is 0 Å². The zero-order chi connectivity index (χ0) is 15.4. The predicted octanol–water partition coefficient (Wildman–Crippen LogP) is 1.55. The third kappa shape index (κ3) is 19.8. The van der Waals surface area contributed by atoms with Crippen LogP contribution in [-0.4, -0.2) is 64.8 Å². The molecule has 5 nitrogen and oxygen atoms in total. The molecule has 3 N–H and O–H groups in total. The van der Waals surface area contributed by atoms with E-state index in [2.05, 4.69) is 10.6 Å². The number of aliphatic hydroxyl groups is 1. The highest BCUT2D eigenvalue weighted by atomic mass is 16.5. The van der Waals surface area contributed by atoms with Crippen LogP contribution in [0.15, 0.2) is 0 Å². The maximum atomic E-state index is 8.61. The zero-order valence-corrected chi connectivity index (χ0v) is 13.9. The fourth-order valence-corrected chi connectivity index (χ4v) is 2.08. The van der Waals surface area contributed by atoms with Crippen molar-refractivity contribution in [3.63, 3.8) is 0 Å². The Bertz CT molecular complexity index is 165. The number of unbranched alkanes of at least 4 members (excludes halogenated alkanes) is 5. The van der Waals surface area contributed by atoms with Gasteiger partial charge in [0.1, 0.15) is 0 Å². The van der Waals surface area contributed by atoms with Gasteiger partial charge in [0, 0.05) is 20.3 Å². The van der Waals surface area contributed by atoms with Crippen molar-refractivity contribution in [3.8, 4) is 0 Å². The number of hydrogen-bond acceptors (Lipinski definition) is 5. The van der Waals surface area contributed by atoms with Gasteiger partial charge in [0.2, 0.25) is 0 Å². The van der Waals surface area contributed by atoms with Crippen LogP contribution in [0.3, 0.4) is 0 Å². The second-order valence-electron chi connectivity index (χ2n) is 5.30. The van der Waals surface area contributed by atoms with E-state index < -0.39 is 0 Å². The quantitative estimate of drug-likeness (QED) is 0.335. The zero-order valence-electron chi connectivity index (χ0n) is 13.9. The Morgan fingerprint density at radius 3 is 1.86 bits per heavy atom. The lowest BCUT2D eigenvalue weighted by atomic mass is 10.1. The summed E-state index contributed by atoms with van der Waals surface area (Å²) in [5, 5.41) is 15.3. The van der Waals surface area contributed by atoms with Gasteiger partial charge < -0.3 is 25.2 Å². The second kappa shape index (κ2) is 19.8. The molecule has 0 bridgehead atoms. The van der Waals surface area contributed by atoms with Gasteiger partial charge in [-0.1, -0.05) is 25.7 Å². The summed E-state index contributed by atoms with van der Waals surface area (Å²) in [4.78, 5) is 0. The molecule has 0 rings (SSSR count). The first-order valence-corrected chi connectivity index (χ1v) is 8.50. The number of aliphatic hydroxyl groups excluding tert-OH is 1. The van der Waals surface area contributed by atoms with E-state index >= 15 is 0 Å². The number of rotatable bonds is 18. The van der Waals surface area contributed by atoms with Crippen molar-refractivity contribution in [2.24, 2.45) is 0 Å². The van der Waals surface area contributed by atoms with Gasteiger partial charge in [-0.2, -0.15) is 0 Å². The summed E-state index contributed by atoms with van der Waals surface area (Å²) >= 11 is 0. The van der Waals surface area contributed by atoms with Crippen molar-refractivity contribution < 1.29 is 14.6 Å². The molecule has 0 aromatic heterocycles. The molecule has 0 aromatic carbocycles. The number of hydrogen-bond donors (Lipinski definition) is 3. The molecular formula is C16H36N2O3. The lowest BCUT2D eigenvalue weighted by molar-refractivity contribution is 0.0695. The summed E-state index contributed by atoms with van der Waals surface area (Å²) in [6.07, 6.45) is 8.85. The van der Waals surface area contributed by atoms with E-state index in [9.17, 15) is 0 Å². The fourth-order valence-electron chi connectivity index (χ4n) is 2.08. The Hall–Kier alpha value is -0.200. The summed E-state index contributed by atoms with van der Waals surface area (Å²) in [5.41, 5.74) is 0. The van der Waals surface area contributed by atoms with Crippen LogP contribution in [0.1, 0.15) is 44.9 Å². The fraction of sp³-hybridized carbons (Fsp3) is 1.00. The van der Waals surface area contributed by atoms with Gasteiger partial charge in [-0.05, 0) is 38.9 Å². The molecular weight excluding hydrogens is 268 g/mol. The van der Waals surface area contributed by atoms with E-state index in [1.54, 1.807) is 7.11 Å². The molecule has 0 amide bonds. The van der Waals surface area contributed by atoms with Crippen molar-refractivity contribution in [1.82, 2.24) is 10.6 Å². The van der Waals surface area contributed by atoms with Crippen molar-refractivity contribution in [1.29, 1.82) is 0 Å². The molecule has 0 radical (unpaired) electrons. The maximum absolute atomic E-state index is 8.61. The molecule has 0 unspecified atom stereocenters. The molecule has 5 heteroatoms. The van der Waals surface area contributed by atoms with Gasteiger partial charge >= 0.3 is 0 Å². The average Bonchev–Trinajstić information content (AvgIpc) is 2.50. The second-order valence-corrected chi connectivity index (χ2v) is 5.30. The van der Waals surface area contributed by atoms with Crippen LogP contribution < -0.4 is 10.6 Å². The minimum Gasteiger partial charge on any atom is -0.395 e. The van der Waals surface area contributed by atoms with Gasteiger partial charge in [-0.15, -0.1) is 0 Å². The summed E-state index contributed by atoms with van der Waals surface area (Å²) in [6, 6.07) is 0. The molecule has 0 aliphatic rings. The number of ether oxygens (including phenoxy) is 2. The molecule has 0 heterocycles. The van der Waals surface area contributed by atoms with E-state index in [4.69, 9.17) is 14.6 Å². The number of methoxy groups -OCH3 is 1. The highest BCUT2D eigenvalue weighted by Crippen LogP contribution is 2.04. The highest BCUT2D eigenvalue weighted by molar-refractivity contribution is 4.52. The Morgan fingerprint density at radius 2 is 1.24 bits per heavy atom. The minimum absolute atomic E-state index is 0.242. The summed E-state index contributed by atoms with van der Waals surface area (Å²) in [5.74, 6) is 0. The lowest BCUT2D eigenvalue weighted by Gasteiger charge is -2.06. The molecule has 0 spiro atoms. The highest BCUT2D eigenvalue weighted by Gasteiger charge is 1.93. The Kier molecular flexibility index (Phi) is 19.6. The molecule has 0 aliphatic heterocycles. The molecule has 0 saturated carbocycles. The van der Waals surface area contributed by atoms with Crippen LogP contribution in [0.25, 0.3) is 0 Å². The predicted molar refractivity (Wildman–Crippen MR) is 87.8 cm³/mol. The van der Waals surface area contributed by atoms with Crippen molar-refractivity contribution in [2.45, 2.75) is 44.9 Å². The van der Waals surface area contributed by atoms with E-state index in [0.29, 0.717) is 13.2 Å². The SMILES string of the molecule is COCCOCCCNCCCCCCCCNCCO. The van der Waals surface area contributed by atoms with Gasteiger partial charge in [-0.25, -0.2) is 0 Å². The van der Waals surface area contributed by atoms with E-state index in [1.165, 1.54) is 38.5 Å². The first-order valence-electron chi connectivity index (χ1n) is 8.50. The molecule has 21 heavy (non-hydrogen) atoms. The Balaban J connectivity index is 2.90. The van der Waals surface area contributed by atoms with E-state index in [1.807, 2.05) is 0 Å². The summed E-state index contributed by atoms with van der Waals surface area (Å²) < 4.78 is 10.3. The van der Waals surface area contributed by atoms with Gasteiger partial charge in [0.25, 0.3) is 0 Å². The normalized spacial score (nSPS) is 11.1. The lowest BCUT2D eigenvalue weighted by Crippen LogP contribution is -2.19. The van der Waals surface area contributed by atoms with Gasteiger partial charge in [0.15, 0.2) is 0 Å². The van der Waals surface area contributed by atoms with Crippen molar-refractivity contribution >= 4 is 0 Å². The minimum atomic E-state index is 0.242. The van der Waals surface area contributed by atoms with Gasteiger partial charge in [-0.3, -0.25) is 0 Å². The molecule has 0 atom stereocenters. The third-order valence-electron chi connectivity index (χ3n) is 3.32. The van der Waals surface area contributed by atoms with Gasteiger partial charge in [0.05, 0.1) is 19.8 Å². The summed E-state index contributed by atoms with van der Waals surface area (Å²) in [6.45, 7) is 6.38. The maximum Gasteiger partial charge on any atom is 0.0700 e. The standard InChI is InChI=1S/C16H36N2O3/c1-20-15-16-21-14-8-11-17-9-6-4-2-3-5-7-10-18-12-13-19/h17-19H,2-16H2,1H3. The largest absolute Gasteiger partial charge is 0.395 e. The number of nitrogens with one attached hydrogen (secondary N) is 2. The average molecular weight is 304 g/mol. The summed E-state index contributed by atoms with van der Waals surface area (Å²) in [7, 11) is 1.69. The van der Waals surface area contributed by atoms with Crippen LogP contribution in [0, 0.1) is 0 Å². The van der Waals surface area contributed by atoms with Crippen molar-refractivity contribution in [2.75, 3.05) is 59.7 Å². The first kappa shape index (κ1) is 20.8. The molecule has 0 aromatic rings. The topological polar surface area (TPSA) is 62.8 Å². The molecule has 0 aliphatic carbocycles. The molecule has 0 saturated heterocycles. The molecule has 128 valence electrons. The monoisotopic (exact) mass is 304 g/mol. The van der Waals surface area contributed by atoms with Crippen molar-refractivity contribution in [3.05, 3.63) is 0 Å². The Morgan fingerprint density at radius 1 is 0.667 bits per heavy atom. The third-order valence-corrected chi connectivity index (χ3v) is 3.32. The molecule has 0 fully saturated rings. The Labute approximate surface area is 130 Å². The first-order chi connectivity index (χ1) is 10.4. The van der Waals surface area contributed by atoms with Crippen LogP contribution >= 0.6 is 0 Å². The van der Waals surface area contributed by atoms with Crippen LogP contribution in [-0.2, 0) is 9.47 Å². The van der Waals surface area contributed by atoms with E-state index in [0.717, 1.165) is 39.2 Å². The van der Waals surface area contributed by atoms with E-state index in [-0.39, 0.29) is 6.61 Å². The smallest absolute Gasteiger partial charge is 0.0700 e.